The maximum Gasteiger partial charge on any atom is 0.190 e. The van der Waals surface area contributed by atoms with Crippen LogP contribution in [0.4, 0.5) is 0 Å². The molecule has 0 aliphatic heterocycles. The van der Waals surface area contributed by atoms with Crippen LogP contribution in [0.15, 0.2) is 60.7 Å². The minimum atomic E-state index is 0.363. The third kappa shape index (κ3) is 3.79. The van der Waals surface area contributed by atoms with Gasteiger partial charge in [-0.1, -0.05) is 53.7 Å². The first-order chi connectivity index (χ1) is 11.9. The van der Waals surface area contributed by atoms with Crippen molar-refractivity contribution in [1.29, 1.82) is 5.26 Å². The van der Waals surface area contributed by atoms with Crippen molar-refractivity contribution in [2.75, 3.05) is 6.61 Å². The molecule has 2 aromatic carbocycles. The van der Waals surface area contributed by atoms with Crippen molar-refractivity contribution in [3.8, 4) is 23.1 Å². The molecule has 0 saturated heterocycles. The van der Waals surface area contributed by atoms with Gasteiger partial charge in [0.1, 0.15) is 17.5 Å². The van der Waals surface area contributed by atoms with E-state index in [1.54, 1.807) is 4.68 Å². The molecule has 0 saturated carbocycles. The van der Waals surface area contributed by atoms with Crippen molar-refractivity contribution in [2.45, 2.75) is 19.4 Å². The zero-order valence-corrected chi connectivity index (χ0v) is 13.3. The molecule has 24 heavy (non-hydrogen) atoms. The maximum atomic E-state index is 9.24. The summed E-state index contributed by atoms with van der Waals surface area (Å²) in [5.74, 6) is 0.884. The summed E-state index contributed by atoms with van der Waals surface area (Å²) in [6.45, 7) is 1.36. The number of ether oxygens (including phenoxy) is 1. The van der Waals surface area contributed by atoms with Crippen molar-refractivity contribution in [3.05, 3.63) is 66.4 Å². The summed E-state index contributed by atoms with van der Waals surface area (Å²) in [6.07, 6.45) is 1.81. The van der Waals surface area contributed by atoms with E-state index in [1.807, 2.05) is 60.7 Å². The van der Waals surface area contributed by atoms with E-state index in [9.17, 15) is 5.26 Å². The number of unbranched alkanes of at least 4 members (excludes halogenated alkanes) is 1. The first-order valence-corrected chi connectivity index (χ1v) is 7.95. The van der Waals surface area contributed by atoms with Crippen LogP contribution in [0.25, 0.3) is 11.3 Å². The van der Waals surface area contributed by atoms with E-state index in [0.29, 0.717) is 18.8 Å². The lowest BCUT2D eigenvalue weighted by Gasteiger charge is -2.08. The van der Waals surface area contributed by atoms with Crippen LogP contribution in [0.3, 0.4) is 0 Å². The van der Waals surface area contributed by atoms with Crippen molar-refractivity contribution in [3.63, 3.8) is 0 Å². The van der Waals surface area contributed by atoms with Gasteiger partial charge in [0.2, 0.25) is 0 Å². The normalized spacial score (nSPS) is 10.3. The molecule has 0 atom stereocenters. The van der Waals surface area contributed by atoms with Crippen LogP contribution >= 0.6 is 0 Å². The molecular formula is C19H18N4O. The van der Waals surface area contributed by atoms with Gasteiger partial charge in [-0.05, 0) is 25.0 Å². The number of hydrogen-bond acceptors (Lipinski definition) is 4. The lowest BCUT2D eigenvalue weighted by atomic mass is 10.1. The molecule has 0 fully saturated rings. The monoisotopic (exact) mass is 318 g/mol. The molecule has 3 aromatic rings. The Morgan fingerprint density at radius 1 is 0.958 bits per heavy atom. The molecule has 0 unspecified atom stereocenters. The summed E-state index contributed by atoms with van der Waals surface area (Å²) in [5.41, 5.74) is 2.10. The van der Waals surface area contributed by atoms with Crippen molar-refractivity contribution < 1.29 is 4.74 Å². The zero-order valence-electron chi connectivity index (χ0n) is 13.3. The second kappa shape index (κ2) is 7.93. The Labute approximate surface area is 141 Å². The average Bonchev–Trinajstić information content (AvgIpc) is 3.06. The second-order valence-corrected chi connectivity index (χ2v) is 5.36. The van der Waals surface area contributed by atoms with Gasteiger partial charge < -0.3 is 4.74 Å². The number of nitriles is 1. The molecule has 120 valence electrons. The van der Waals surface area contributed by atoms with Crippen LogP contribution in [0.1, 0.15) is 18.5 Å². The van der Waals surface area contributed by atoms with Gasteiger partial charge in [-0.2, -0.15) is 5.26 Å². The summed E-state index contributed by atoms with van der Waals surface area (Å²) in [6, 6.07) is 21.7. The highest BCUT2D eigenvalue weighted by Crippen LogP contribution is 2.21. The quantitative estimate of drug-likeness (QED) is 0.623. The number of aromatic nitrogens is 3. The van der Waals surface area contributed by atoms with Crippen LogP contribution in [-0.2, 0) is 6.54 Å². The lowest BCUT2D eigenvalue weighted by molar-refractivity contribution is 0.302. The van der Waals surface area contributed by atoms with Crippen LogP contribution in [0, 0.1) is 11.3 Å². The third-order valence-corrected chi connectivity index (χ3v) is 3.66. The maximum absolute atomic E-state index is 9.24. The van der Waals surface area contributed by atoms with Gasteiger partial charge in [0.15, 0.2) is 5.69 Å². The Morgan fingerprint density at radius 3 is 2.38 bits per heavy atom. The van der Waals surface area contributed by atoms with Gasteiger partial charge in [0.25, 0.3) is 0 Å². The SMILES string of the molecule is N#Cc1nnn(CCCCOc2ccccc2)c1-c1ccccc1. The third-order valence-electron chi connectivity index (χ3n) is 3.66. The Morgan fingerprint density at radius 2 is 1.67 bits per heavy atom. The first kappa shape index (κ1) is 15.8. The van der Waals surface area contributed by atoms with Gasteiger partial charge in [0, 0.05) is 12.1 Å². The molecule has 0 radical (unpaired) electrons. The summed E-state index contributed by atoms with van der Waals surface area (Å²) in [5, 5.41) is 17.3. The molecule has 1 heterocycles. The minimum Gasteiger partial charge on any atom is -0.494 e. The van der Waals surface area contributed by atoms with E-state index in [0.717, 1.165) is 29.8 Å². The van der Waals surface area contributed by atoms with Gasteiger partial charge in [-0.15, -0.1) is 5.10 Å². The molecule has 0 amide bonds. The molecule has 0 spiro atoms. The Kier molecular flexibility index (Phi) is 5.21. The number of benzene rings is 2. The molecule has 1 aromatic heterocycles. The van der Waals surface area contributed by atoms with Crippen LogP contribution < -0.4 is 4.74 Å². The fourth-order valence-corrected chi connectivity index (χ4v) is 2.50. The molecule has 0 bridgehead atoms. The molecule has 0 aliphatic carbocycles. The predicted molar refractivity (Wildman–Crippen MR) is 91.3 cm³/mol. The molecule has 0 N–H and O–H groups in total. The Bertz CT molecular complexity index is 806. The minimum absolute atomic E-state index is 0.363. The summed E-state index contributed by atoms with van der Waals surface area (Å²) in [7, 11) is 0. The van der Waals surface area contributed by atoms with E-state index < -0.39 is 0 Å². The van der Waals surface area contributed by atoms with E-state index in [2.05, 4.69) is 16.4 Å². The molecule has 5 nitrogen and oxygen atoms in total. The standard InChI is InChI=1S/C19H18N4O/c20-15-18-19(16-9-3-1-4-10-16)23(22-21-18)13-7-8-14-24-17-11-5-2-6-12-17/h1-6,9-12H,7-8,13-14H2. The average molecular weight is 318 g/mol. The second-order valence-electron chi connectivity index (χ2n) is 5.36. The van der Waals surface area contributed by atoms with Crippen molar-refractivity contribution in [1.82, 2.24) is 15.0 Å². The highest BCUT2D eigenvalue weighted by atomic mass is 16.5. The van der Waals surface area contributed by atoms with Crippen molar-refractivity contribution >= 4 is 0 Å². The lowest BCUT2D eigenvalue weighted by Crippen LogP contribution is -2.05. The summed E-state index contributed by atoms with van der Waals surface area (Å²) < 4.78 is 7.49. The fourth-order valence-electron chi connectivity index (χ4n) is 2.50. The van der Waals surface area contributed by atoms with E-state index >= 15 is 0 Å². The van der Waals surface area contributed by atoms with E-state index in [4.69, 9.17) is 4.74 Å². The van der Waals surface area contributed by atoms with Crippen LogP contribution in [-0.4, -0.2) is 21.6 Å². The predicted octanol–water partition coefficient (Wildman–Crippen LogP) is 3.68. The Hall–Kier alpha value is -3.13. The largest absolute Gasteiger partial charge is 0.494 e. The number of hydrogen-bond donors (Lipinski definition) is 0. The van der Waals surface area contributed by atoms with Crippen LogP contribution in [0.2, 0.25) is 0 Å². The van der Waals surface area contributed by atoms with Crippen LogP contribution in [0.5, 0.6) is 5.75 Å². The van der Waals surface area contributed by atoms with E-state index in [-0.39, 0.29) is 0 Å². The zero-order chi connectivity index (χ0) is 16.6. The number of nitrogens with zero attached hydrogens (tertiary/aromatic N) is 4. The smallest absolute Gasteiger partial charge is 0.190 e. The first-order valence-electron chi connectivity index (χ1n) is 7.95. The topological polar surface area (TPSA) is 63.7 Å². The number of rotatable bonds is 7. The number of para-hydroxylation sites is 1. The van der Waals surface area contributed by atoms with E-state index in [1.165, 1.54) is 0 Å². The number of aryl methyl sites for hydroxylation is 1. The molecule has 5 heteroatoms. The fraction of sp³-hybridized carbons (Fsp3) is 0.211. The molecular weight excluding hydrogens is 300 g/mol. The van der Waals surface area contributed by atoms with Gasteiger partial charge in [0.05, 0.1) is 6.61 Å². The highest BCUT2D eigenvalue weighted by molar-refractivity contribution is 5.64. The summed E-state index contributed by atoms with van der Waals surface area (Å²) >= 11 is 0. The van der Waals surface area contributed by atoms with Gasteiger partial charge >= 0.3 is 0 Å². The van der Waals surface area contributed by atoms with Gasteiger partial charge in [-0.3, -0.25) is 0 Å². The van der Waals surface area contributed by atoms with Crippen molar-refractivity contribution in [2.24, 2.45) is 0 Å². The highest BCUT2D eigenvalue weighted by Gasteiger charge is 2.14. The molecule has 3 rings (SSSR count). The summed E-state index contributed by atoms with van der Waals surface area (Å²) in [4.78, 5) is 0. The Balaban J connectivity index is 1.58. The molecule has 0 aliphatic rings. The van der Waals surface area contributed by atoms with Gasteiger partial charge in [-0.25, -0.2) is 4.68 Å².